The molecule has 0 aliphatic carbocycles. The zero-order chi connectivity index (χ0) is 14.5. The smallest absolute Gasteiger partial charge is 0.282 e. The second kappa shape index (κ2) is 7.21. The Morgan fingerprint density at radius 2 is 2.05 bits per heavy atom. The highest BCUT2D eigenvalue weighted by Crippen LogP contribution is 2.22. The van der Waals surface area contributed by atoms with Crippen LogP contribution in [0, 0.1) is 0 Å². The molecule has 1 amide bonds. The number of piperidine rings is 1. The average molecular weight is 291 g/mol. The van der Waals surface area contributed by atoms with Crippen molar-refractivity contribution >= 4 is 16.1 Å². The molecule has 1 unspecified atom stereocenters. The molecule has 0 bridgehead atoms. The van der Waals surface area contributed by atoms with E-state index in [9.17, 15) is 13.2 Å². The van der Waals surface area contributed by atoms with Crippen LogP contribution in [0.2, 0.25) is 0 Å². The summed E-state index contributed by atoms with van der Waals surface area (Å²) in [5.74, 6) is -0.252. The van der Waals surface area contributed by atoms with Crippen molar-refractivity contribution < 1.29 is 13.2 Å². The van der Waals surface area contributed by atoms with Crippen molar-refractivity contribution in [2.24, 2.45) is 0 Å². The molecular formula is C12H25N3O3S. The second-order valence-corrected chi connectivity index (χ2v) is 6.72. The minimum Gasteiger partial charge on any atom is -0.355 e. The van der Waals surface area contributed by atoms with Gasteiger partial charge in [0.2, 0.25) is 5.91 Å². The monoisotopic (exact) mass is 291 g/mol. The van der Waals surface area contributed by atoms with Gasteiger partial charge in [-0.15, -0.1) is 0 Å². The second-order valence-electron chi connectivity index (χ2n) is 4.84. The van der Waals surface area contributed by atoms with E-state index in [0.717, 1.165) is 19.3 Å². The molecule has 1 saturated heterocycles. The Hall–Kier alpha value is -0.660. The summed E-state index contributed by atoms with van der Waals surface area (Å²) in [6.07, 6.45) is 2.84. The van der Waals surface area contributed by atoms with Gasteiger partial charge in [0.1, 0.15) is 0 Å². The van der Waals surface area contributed by atoms with E-state index in [0.29, 0.717) is 19.6 Å². The van der Waals surface area contributed by atoms with Gasteiger partial charge in [0, 0.05) is 25.7 Å². The summed E-state index contributed by atoms with van der Waals surface area (Å²) in [6, 6.07) is 0.0158. The summed E-state index contributed by atoms with van der Waals surface area (Å²) in [5.41, 5.74) is 0. The summed E-state index contributed by atoms with van der Waals surface area (Å²) in [4.78, 5) is 11.6. The molecule has 112 valence electrons. The first-order valence-corrected chi connectivity index (χ1v) is 8.36. The maximum Gasteiger partial charge on any atom is 0.282 e. The number of hydrogen-bond acceptors (Lipinski definition) is 3. The lowest BCUT2D eigenvalue weighted by Crippen LogP contribution is -2.51. The number of likely N-dealkylation sites (N-methyl/N-ethyl adjacent to an activating group) is 2. The molecule has 1 aliphatic rings. The Labute approximate surface area is 116 Å². The quantitative estimate of drug-likeness (QED) is 0.777. The van der Waals surface area contributed by atoms with E-state index in [-0.39, 0.29) is 18.5 Å². The summed E-state index contributed by atoms with van der Waals surface area (Å²) in [7, 11) is -3.53. The molecule has 1 rings (SSSR count). The molecule has 1 atom stereocenters. The van der Waals surface area contributed by atoms with E-state index < -0.39 is 10.2 Å². The van der Waals surface area contributed by atoms with Crippen molar-refractivity contribution in [3.05, 3.63) is 0 Å². The third kappa shape index (κ3) is 4.15. The highest BCUT2D eigenvalue weighted by molar-refractivity contribution is 7.86. The molecule has 7 heteroatoms. The normalized spacial score (nSPS) is 21.6. The zero-order valence-corrected chi connectivity index (χ0v) is 12.9. The van der Waals surface area contributed by atoms with E-state index in [2.05, 4.69) is 5.32 Å². The van der Waals surface area contributed by atoms with Crippen molar-refractivity contribution in [1.82, 2.24) is 13.9 Å². The van der Waals surface area contributed by atoms with Crippen LogP contribution in [-0.2, 0) is 15.0 Å². The summed E-state index contributed by atoms with van der Waals surface area (Å²) in [6.45, 7) is 6.77. The first-order valence-electron chi connectivity index (χ1n) is 6.97. The number of carbonyl (C=O) groups excluding carboxylic acids is 1. The van der Waals surface area contributed by atoms with Gasteiger partial charge in [-0.3, -0.25) is 4.79 Å². The Bertz CT molecular complexity index is 397. The Kier molecular flexibility index (Phi) is 6.22. The maximum atomic E-state index is 12.5. The molecule has 0 radical (unpaired) electrons. The van der Waals surface area contributed by atoms with Crippen molar-refractivity contribution in [3.63, 3.8) is 0 Å². The van der Waals surface area contributed by atoms with E-state index in [1.54, 1.807) is 6.92 Å². The van der Waals surface area contributed by atoms with Gasteiger partial charge in [-0.25, -0.2) is 0 Å². The van der Waals surface area contributed by atoms with Crippen LogP contribution in [0.25, 0.3) is 0 Å². The number of rotatable bonds is 6. The van der Waals surface area contributed by atoms with Gasteiger partial charge in [0.05, 0.1) is 6.54 Å². The first kappa shape index (κ1) is 16.4. The van der Waals surface area contributed by atoms with Crippen LogP contribution in [-0.4, -0.2) is 55.2 Å². The van der Waals surface area contributed by atoms with Gasteiger partial charge >= 0.3 is 0 Å². The highest BCUT2D eigenvalue weighted by Gasteiger charge is 2.34. The predicted molar refractivity (Wildman–Crippen MR) is 74.9 cm³/mol. The zero-order valence-electron chi connectivity index (χ0n) is 12.1. The largest absolute Gasteiger partial charge is 0.355 e. The highest BCUT2D eigenvalue weighted by atomic mass is 32.2. The molecule has 0 aromatic heterocycles. The molecular weight excluding hydrogens is 266 g/mol. The SMILES string of the molecule is CCNC(=O)CN(CC)S(=O)(=O)N1CCCCC1C. The van der Waals surface area contributed by atoms with Crippen LogP contribution in [0.4, 0.5) is 0 Å². The Morgan fingerprint density at radius 1 is 1.37 bits per heavy atom. The van der Waals surface area contributed by atoms with Crippen molar-refractivity contribution in [1.29, 1.82) is 0 Å². The fourth-order valence-electron chi connectivity index (χ4n) is 2.33. The molecule has 1 N–H and O–H groups in total. The first-order chi connectivity index (χ1) is 8.93. The molecule has 0 spiro atoms. The minimum atomic E-state index is -3.53. The van der Waals surface area contributed by atoms with Crippen molar-refractivity contribution in [2.75, 3.05) is 26.2 Å². The molecule has 6 nitrogen and oxygen atoms in total. The summed E-state index contributed by atoms with van der Waals surface area (Å²) < 4.78 is 27.9. The minimum absolute atomic E-state index is 0.0158. The molecule has 0 aromatic carbocycles. The number of nitrogens with zero attached hydrogens (tertiary/aromatic N) is 2. The molecule has 19 heavy (non-hydrogen) atoms. The van der Waals surface area contributed by atoms with Crippen LogP contribution in [0.3, 0.4) is 0 Å². The van der Waals surface area contributed by atoms with E-state index in [1.165, 1.54) is 8.61 Å². The third-order valence-electron chi connectivity index (χ3n) is 3.41. The van der Waals surface area contributed by atoms with Gasteiger partial charge in [0.15, 0.2) is 0 Å². The van der Waals surface area contributed by atoms with Crippen molar-refractivity contribution in [2.45, 2.75) is 46.1 Å². The van der Waals surface area contributed by atoms with E-state index in [4.69, 9.17) is 0 Å². The summed E-state index contributed by atoms with van der Waals surface area (Å²) >= 11 is 0. The van der Waals surface area contributed by atoms with Gasteiger partial charge in [-0.2, -0.15) is 17.0 Å². The predicted octanol–water partition coefficient (Wildman–Crippen LogP) is 0.564. The van der Waals surface area contributed by atoms with Gasteiger partial charge in [-0.05, 0) is 26.7 Å². The van der Waals surface area contributed by atoms with Crippen LogP contribution in [0.15, 0.2) is 0 Å². The topological polar surface area (TPSA) is 69.7 Å². The van der Waals surface area contributed by atoms with E-state index >= 15 is 0 Å². The third-order valence-corrected chi connectivity index (χ3v) is 5.59. The van der Waals surface area contributed by atoms with Crippen LogP contribution >= 0.6 is 0 Å². The molecule has 0 aromatic rings. The van der Waals surface area contributed by atoms with Gasteiger partial charge < -0.3 is 5.32 Å². The van der Waals surface area contributed by atoms with Gasteiger partial charge in [0.25, 0.3) is 10.2 Å². The number of hydrogen-bond donors (Lipinski definition) is 1. The Balaban J connectivity index is 2.79. The van der Waals surface area contributed by atoms with Crippen LogP contribution in [0.5, 0.6) is 0 Å². The van der Waals surface area contributed by atoms with Crippen molar-refractivity contribution in [3.8, 4) is 0 Å². The number of amides is 1. The molecule has 0 saturated carbocycles. The molecule has 1 fully saturated rings. The van der Waals surface area contributed by atoms with E-state index in [1.807, 2.05) is 13.8 Å². The number of nitrogens with one attached hydrogen (secondary N) is 1. The lowest BCUT2D eigenvalue weighted by atomic mass is 10.1. The lowest BCUT2D eigenvalue weighted by Gasteiger charge is -2.35. The lowest BCUT2D eigenvalue weighted by molar-refractivity contribution is -0.121. The summed E-state index contributed by atoms with van der Waals surface area (Å²) in [5, 5.41) is 2.63. The van der Waals surface area contributed by atoms with Crippen LogP contribution in [0.1, 0.15) is 40.0 Å². The fourth-order valence-corrected chi connectivity index (χ4v) is 4.16. The standard InChI is InChI=1S/C12H25N3O3S/c1-4-13-12(16)10-14(5-2)19(17,18)15-9-7-6-8-11(15)3/h11H,4-10H2,1-3H3,(H,13,16). The average Bonchev–Trinajstić information content (AvgIpc) is 2.36. The fraction of sp³-hybridized carbons (Fsp3) is 0.917. The van der Waals surface area contributed by atoms with Crippen LogP contribution < -0.4 is 5.32 Å². The molecule has 1 aliphatic heterocycles. The Morgan fingerprint density at radius 3 is 2.58 bits per heavy atom. The maximum absolute atomic E-state index is 12.5. The molecule has 1 heterocycles. The number of carbonyl (C=O) groups is 1. The van der Waals surface area contributed by atoms with Gasteiger partial charge in [-0.1, -0.05) is 13.3 Å².